The molecule has 1 aromatic carbocycles. The maximum absolute atomic E-state index is 12.7. The van der Waals surface area contributed by atoms with Gasteiger partial charge in [0, 0.05) is 18.2 Å². The predicted octanol–water partition coefficient (Wildman–Crippen LogP) is 2.10. The van der Waals surface area contributed by atoms with E-state index in [1.165, 1.54) is 12.1 Å². The van der Waals surface area contributed by atoms with Crippen molar-refractivity contribution in [3.8, 4) is 5.75 Å². The maximum Gasteiger partial charge on any atom is 0.126 e. The van der Waals surface area contributed by atoms with Gasteiger partial charge in [-0.1, -0.05) is 6.07 Å². The first-order valence-corrected chi connectivity index (χ1v) is 3.89. The van der Waals surface area contributed by atoms with Crippen LogP contribution >= 0.6 is 12.4 Å². The van der Waals surface area contributed by atoms with Crippen LogP contribution in [0.25, 0.3) is 0 Å². The molecule has 0 bridgehead atoms. The molecule has 2 N–H and O–H groups in total. The first-order valence-electron chi connectivity index (χ1n) is 3.89. The number of benzene rings is 1. The fourth-order valence-corrected chi connectivity index (χ4v) is 0.987. The van der Waals surface area contributed by atoms with Crippen molar-refractivity contribution in [2.75, 3.05) is 6.61 Å². The summed E-state index contributed by atoms with van der Waals surface area (Å²) in [5, 5.41) is 0. The Kier molecular flexibility index (Phi) is 5.42. The zero-order valence-corrected chi connectivity index (χ0v) is 8.23. The van der Waals surface area contributed by atoms with Gasteiger partial charge in [-0.25, -0.2) is 4.39 Å². The lowest BCUT2D eigenvalue weighted by Gasteiger charge is -2.07. The molecule has 1 rings (SSSR count). The van der Waals surface area contributed by atoms with Crippen LogP contribution in [0.15, 0.2) is 18.2 Å². The van der Waals surface area contributed by atoms with Gasteiger partial charge in [-0.05, 0) is 13.0 Å². The lowest BCUT2D eigenvalue weighted by Crippen LogP contribution is -2.02. The number of nitrogens with two attached hydrogens (primary N) is 1. The van der Waals surface area contributed by atoms with Crippen LogP contribution < -0.4 is 10.5 Å². The average Bonchev–Trinajstić information content (AvgIpc) is 2.05. The zero-order valence-electron chi connectivity index (χ0n) is 7.42. The molecule has 0 spiro atoms. The van der Waals surface area contributed by atoms with Crippen LogP contribution in [0.2, 0.25) is 0 Å². The van der Waals surface area contributed by atoms with Gasteiger partial charge in [0.25, 0.3) is 0 Å². The van der Waals surface area contributed by atoms with Crippen LogP contribution in [-0.4, -0.2) is 6.61 Å². The van der Waals surface area contributed by atoms with Gasteiger partial charge in [-0.15, -0.1) is 12.4 Å². The van der Waals surface area contributed by atoms with E-state index < -0.39 is 0 Å². The topological polar surface area (TPSA) is 35.2 Å². The Hall–Kier alpha value is -0.800. The summed E-state index contributed by atoms with van der Waals surface area (Å²) in [5.41, 5.74) is 6.26. The summed E-state index contributed by atoms with van der Waals surface area (Å²) in [6.45, 7) is 2.75. The molecule has 0 aliphatic rings. The molecule has 2 nitrogen and oxygen atoms in total. The molecule has 13 heavy (non-hydrogen) atoms. The molecule has 0 heterocycles. The average molecular weight is 206 g/mol. The molecule has 0 amide bonds. The number of halogens is 2. The van der Waals surface area contributed by atoms with Crippen LogP contribution in [0.3, 0.4) is 0 Å². The van der Waals surface area contributed by atoms with E-state index >= 15 is 0 Å². The summed E-state index contributed by atoms with van der Waals surface area (Å²) in [7, 11) is 0. The standard InChI is InChI=1S/C9H12FNO.ClH/c1-2-12-9-5-8(10)4-3-7(9)6-11;/h3-5H,2,6,11H2,1H3;1H. The molecule has 4 heteroatoms. The second kappa shape index (κ2) is 5.78. The maximum atomic E-state index is 12.7. The minimum Gasteiger partial charge on any atom is -0.493 e. The lowest BCUT2D eigenvalue weighted by atomic mass is 10.2. The minimum atomic E-state index is -0.296. The van der Waals surface area contributed by atoms with Crippen LogP contribution in [0, 0.1) is 5.82 Å². The third-order valence-electron chi connectivity index (χ3n) is 1.55. The fourth-order valence-electron chi connectivity index (χ4n) is 0.987. The molecule has 0 fully saturated rings. The largest absolute Gasteiger partial charge is 0.493 e. The quantitative estimate of drug-likeness (QED) is 0.821. The Bertz CT molecular complexity index is 268. The normalized spacial score (nSPS) is 9.15. The van der Waals surface area contributed by atoms with Gasteiger partial charge in [0.15, 0.2) is 0 Å². The summed E-state index contributed by atoms with van der Waals surface area (Å²) < 4.78 is 17.9. The van der Waals surface area contributed by atoms with E-state index in [4.69, 9.17) is 10.5 Å². The summed E-state index contributed by atoms with van der Waals surface area (Å²) in [4.78, 5) is 0. The molecular weight excluding hydrogens is 193 g/mol. The van der Waals surface area contributed by atoms with Crippen molar-refractivity contribution in [2.45, 2.75) is 13.5 Å². The second-order valence-corrected chi connectivity index (χ2v) is 2.39. The van der Waals surface area contributed by atoms with Gasteiger partial charge in [0.05, 0.1) is 6.61 Å². The van der Waals surface area contributed by atoms with E-state index in [0.717, 1.165) is 5.56 Å². The van der Waals surface area contributed by atoms with Crippen LogP contribution in [0.4, 0.5) is 4.39 Å². The number of ether oxygens (including phenoxy) is 1. The van der Waals surface area contributed by atoms with E-state index in [-0.39, 0.29) is 18.2 Å². The molecule has 0 saturated heterocycles. The Morgan fingerprint density at radius 1 is 1.46 bits per heavy atom. The fraction of sp³-hybridized carbons (Fsp3) is 0.333. The monoisotopic (exact) mass is 205 g/mol. The Balaban J connectivity index is 0.00000144. The van der Waals surface area contributed by atoms with Gasteiger partial charge in [-0.2, -0.15) is 0 Å². The van der Waals surface area contributed by atoms with Gasteiger partial charge >= 0.3 is 0 Å². The highest BCUT2D eigenvalue weighted by Gasteiger charge is 2.02. The molecule has 0 aliphatic carbocycles. The van der Waals surface area contributed by atoms with E-state index in [1.807, 2.05) is 6.92 Å². The van der Waals surface area contributed by atoms with Gasteiger partial charge < -0.3 is 10.5 Å². The van der Waals surface area contributed by atoms with E-state index in [1.54, 1.807) is 6.07 Å². The smallest absolute Gasteiger partial charge is 0.126 e. The van der Waals surface area contributed by atoms with E-state index in [0.29, 0.717) is 18.9 Å². The van der Waals surface area contributed by atoms with Crippen LogP contribution in [0.5, 0.6) is 5.75 Å². The van der Waals surface area contributed by atoms with Crippen LogP contribution in [-0.2, 0) is 6.54 Å². The summed E-state index contributed by atoms with van der Waals surface area (Å²) in [6.07, 6.45) is 0. The summed E-state index contributed by atoms with van der Waals surface area (Å²) in [5.74, 6) is 0.246. The van der Waals surface area contributed by atoms with Crippen molar-refractivity contribution in [3.63, 3.8) is 0 Å². The van der Waals surface area contributed by atoms with E-state index in [9.17, 15) is 4.39 Å². The Labute approximate surface area is 83.3 Å². The van der Waals surface area contributed by atoms with Gasteiger partial charge in [0.2, 0.25) is 0 Å². The van der Waals surface area contributed by atoms with Gasteiger partial charge in [0.1, 0.15) is 11.6 Å². The van der Waals surface area contributed by atoms with Crippen molar-refractivity contribution in [2.24, 2.45) is 5.73 Å². The lowest BCUT2D eigenvalue weighted by molar-refractivity contribution is 0.334. The van der Waals surface area contributed by atoms with E-state index in [2.05, 4.69) is 0 Å². The first-order chi connectivity index (χ1) is 5.77. The zero-order chi connectivity index (χ0) is 8.97. The molecule has 0 aliphatic heterocycles. The highest BCUT2D eigenvalue weighted by molar-refractivity contribution is 5.85. The predicted molar refractivity (Wildman–Crippen MR) is 52.7 cm³/mol. The Morgan fingerprint density at radius 2 is 2.15 bits per heavy atom. The van der Waals surface area contributed by atoms with Crippen molar-refractivity contribution >= 4 is 12.4 Å². The first kappa shape index (κ1) is 12.2. The number of hydrogen-bond donors (Lipinski definition) is 1. The molecule has 0 radical (unpaired) electrons. The van der Waals surface area contributed by atoms with Gasteiger partial charge in [-0.3, -0.25) is 0 Å². The highest BCUT2D eigenvalue weighted by atomic mass is 35.5. The van der Waals surface area contributed by atoms with Crippen LogP contribution in [0.1, 0.15) is 12.5 Å². The molecule has 1 aromatic rings. The SMILES string of the molecule is CCOc1cc(F)ccc1CN.Cl. The van der Waals surface area contributed by atoms with Crippen molar-refractivity contribution in [1.29, 1.82) is 0 Å². The number of hydrogen-bond acceptors (Lipinski definition) is 2. The minimum absolute atomic E-state index is 0. The summed E-state index contributed by atoms with van der Waals surface area (Å²) in [6, 6.07) is 4.37. The molecule has 0 atom stereocenters. The molecule has 74 valence electrons. The number of rotatable bonds is 3. The molecule has 0 saturated carbocycles. The molecule has 0 unspecified atom stereocenters. The second-order valence-electron chi connectivity index (χ2n) is 2.39. The van der Waals surface area contributed by atoms with Crippen molar-refractivity contribution in [3.05, 3.63) is 29.6 Å². The molecule has 0 aromatic heterocycles. The summed E-state index contributed by atoms with van der Waals surface area (Å²) >= 11 is 0. The third-order valence-corrected chi connectivity index (χ3v) is 1.55. The van der Waals surface area contributed by atoms with Crippen molar-refractivity contribution < 1.29 is 9.13 Å². The molecular formula is C9H13ClFNO. The Morgan fingerprint density at radius 3 is 2.69 bits per heavy atom. The third kappa shape index (κ3) is 3.20. The van der Waals surface area contributed by atoms with Crippen molar-refractivity contribution in [1.82, 2.24) is 0 Å². The highest BCUT2D eigenvalue weighted by Crippen LogP contribution is 2.18.